The first-order valence-electron chi connectivity index (χ1n) is 7.91. The number of likely N-dealkylation sites (N-methyl/N-ethyl adjacent to an activating group) is 1. The summed E-state index contributed by atoms with van der Waals surface area (Å²) in [7, 11) is 1.79. The van der Waals surface area contributed by atoms with Crippen molar-refractivity contribution in [3.05, 3.63) is 59.2 Å². The minimum atomic E-state index is -0.226. The molecule has 2 amide bonds. The van der Waals surface area contributed by atoms with E-state index < -0.39 is 0 Å². The number of benzene rings is 2. The van der Waals surface area contributed by atoms with Gasteiger partial charge in [0.25, 0.3) is 11.8 Å². The highest BCUT2D eigenvalue weighted by atomic mass is 16.5. The molecule has 2 aromatic carbocycles. The van der Waals surface area contributed by atoms with E-state index in [1.54, 1.807) is 30.1 Å². The van der Waals surface area contributed by atoms with E-state index in [2.05, 4.69) is 5.32 Å². The van der Waals surface area contributed by atoms with Gasteiger partial charge in [-0.1, -0.05) is 23.8 Å². The minimum Gasteiger partial charge on any atom is -0.483 e. The van der Waals surface area contributed by atoms with Crippen LogP contribution in [0.5, 0.6) is 5.75 Å². The standard InChI is InChI=1S/C19H20N2O3/c1-13-6-8-14(9-7-13)20-18(22)12-24-17-5-3-4-16-15(17)10-11-21(2)19(16)23/h3-9H,10-12H2,1-2H3,(H,20,22). The lowest BCUT2D eigenvalue weighted by molar-refractivity contribution is -0.118. The number of aryl methyl sites for hydroxylation is 1. The van der Waals surface area contributed by atoms with Crippen LogP contribution in [0.4, 0.5) is 5.69 Å². The summed E-state index contributed by atoms with van der Waals surface area (Å²) >= 11 is 0. The van der Waals surface area contributed by atoms with E-state index in [-0.39, 0.29) is 18.4 Å². The van der Waals surface area contributed by atoms with E-state index >= 15 is 0 Å². The number of ether oxygens (including phenoxy) is 1. The lowest BCUT2D eigenvalue weighted by atomic mass is 9.98. The lowest BCUT2D eigenvalue weighted by Gasteiger charge is -2.26. The Bertz CT molecular complexity index is 769. The molecule has 0 radical (unpaired) electrons. The summed E-state index contributed by atoms with van der Waals surface area (Å²) < 4.78 is 5.66. The van der Waals surface area contributed by atoms with E-state index in [1.165, 1.54) is 0 Å². The van der Waals surface area contributed by atoms with Gasteiger partial charge < -0.3 is 15.0 Å². The van der Waals surface area contributed by atoms with Crippen LogP contribution in [-0.4, -0.2) is 36.9 Å². The maximum absolute atomic E-state index is 12.2. The second-order valence-electron chi connectivity index (χ2n) is 5.96. The highest BCUT2D eigenvalue weighted by Crippen LogP contribution is 2.27. The van der Waals surface area contributed by atoms with Crippen LogP contribution >= 0.6 is 0 Å². The molecule has 0 fully saturated rings. The predicted molar refractivity (Wildman–Crippen MR) is 92.4 cm³/mol. The Morgan fingerprint density at radius 2 is 1.96 bits per heavy atom. The molecule has 1 heterocycles. The van der Waals surface area contributed by atoms with Gasteiger partial charge in [0.2, 0.25) is 0 Å². The van der Waals surface area contributed by atoms with Crippen molar-refractivity contribution >= 4 is 17.5 Å². The molecule has 0 aromatic heterocycles. The quantitative estimate of drug-likeness (QED) is 0.940. The monoisotopic (exact) mass is 324 g/mol. The molecule has 124 valence electrons. The van der Waals surface area contributed by atoms with Crippen molar-refractivity contribution in [3.8, 4) is 5.75 Å². The van der Waals surface area contributed by atoms with Gasteiger partial charge in [-0.3, -0.25) is 9.59 Å². The van der Waals surface area contributed by atoms with Crippen molar-refractivity contribution in [1.29, 1.82) is 0 Å². The first kappa shape index (κ1) is 16.1. The number of nitrogens with one attached hydrogen (secondary N) is 1. The Hall–Kier alpha value is -2.82. The Labute approximate surface area is 141 Å². The molecule has 0 spiro atoms. The molecule has 0 unspecified atom stereocenters. The summed E-state index contributed by atoms with van der Waals surface area (Å²) in [6.45, 7) is 2.56. The van der Waals surface area contributed by atoms with Crippen LogP contribution < -0.4 is 10.1 Å². The van der Waals surface area contributed by atoms with Crippen molar-refractivity contribution in [2.75, 3.05) is 25.5 Å². The Balaban J connectivity index is 1.66. The Morgan fingerprint density at radius 3 is 2.71 bits per heavy atom. The highest BCUT2D eigenvalue weighted by molar-refractivity contribution is 5.97. The number of carbonyl (C=O) groups excluding carboxylic acids is 2. The number of carbonyl (C=O) groups is 2. The fourth-order valence-corrected chi connectivity index (χ4v) is 2.72. The molecular weight excluding hydrogens is 304 g/mol. The number of nitrogens with zero attached hydrogens (tertiary/aromatic N) is 1. The van der Waals surface area contributed by atoms with Crippen LogP contribution in [0.25, 0.3) is 0 Å². The van der Waals surface area contributed by atoms with Gasteiger partial charge in [0.1, 0.15) is 5.75 Å². The number of hydrogen-bond donors (Lipinski definition) is 1. The van der Waals surface area contributed by atoms with Gasteiger partial charge in [0.15, 0.2) is 6.61 Å². The van der Waals surface area contributed by atoms with Crippen LogP contribution in [-0.2, 0) is 11.2 Å². The minimum absolute atomic E-state index is 0.00851. The maximum atomic E-state index is 12.2. The molecule has 1 N–H and O–H groups in total. The van der Waals surface area contributed by atoms with E-state index in [4.69, 9.17) is 4.74 Å². The van der Waals surface area contributed by atoms with Crippen LogP contribution in [0.3, 0.4) is 0 Å². The smallest absolute Gasteiger partial charge is 0.262 e. The first-order chi connectivity index (χ1) is 11.5. The molecule has 3 rings (SSSR count). The predicted octanol–water partition coefficient (Wildman–Crippen LogP) is 2.64. The van der Waals surface area contributed by atoms with Crippen LogP contribution in [0, 0.1) is 6.92 Å². The molecule has 0 saturated carbocycles. The molecule has 24 heavy (non-hydrogen) atoms. The molecule has 0 aliphatic carbocycles. The molecule has 5 nitrogen and oxygen atoms in total. The zero-order chi connectivity index (χ0) is 17.1. The molecule has 5 heteroatoms. The fraction of sp³-hybridized carbons (Fsp3) is 0.263. The number of anilines is 1. The van der Waals surface area contributed by atoms with Crippen molar-refractivity contribution < 1.29 is 14.3 Å². The second kappa shape index (κ2) is 6.74. The topological polar surface area (TPSA) is 58.6 Å². The molecule has 0 atom stereocenters. The zero-order valence-corrected chi connectivity index (χ0v) is 13.8. The third-order valence-electron chi connectivity index (χ3n) is 4.10. The molecule has 1 aliphatic rings. The molecule has 0 bridgehead atoms. The average molecular weight is 324 g/mol. The van der Waals surface area contributed by atoms with Crippen LogP contribution in [0.15, 0.2) is 42.5 Å². The van der Waals surface area contributed by atoms with Gasteiger partial charge in [-0.05, 0) is 37.6 Å². The van der Waals surface area contributed by atoms with Crippen molar-refractivity contribution in [2.24, 2.45) is 0 Å². The summed E-state index contributed by atoms with van der Waals surface area (Å²) in [4.78, 5) is 25.9. The van der Waals surface area contributed by atoms with Gasteiger partial charge in [0, 0.05) is 30.4 Å². The summed E-state index contributed by atoms with van der Waals surface area (Å²) in [5.74, 6) is 0.370. The van der Waals surface area contributed by atoms with Gasteiger partial charge >= 0.3 is 0 Å². The van der Waals surface area contributed by atoms with Gasteiger partial charge in [-0.2, -0.15) is 0 Å². The SMILES string of the molecule is Cc1ccc(NC(=O)COc2cccc3c2CCN(C)C3=O)cc1. The first-order valence-corrected chi connectivity index (χ1v) is 7.91. The average Bonchev–Trinajstić information content (AvgIpc) is 2.58. The van der Waals surface area contributed by atoms with Crippen LogP contribution in [0.2, 0.25) is 0 Å². The van der Waals surface area contributed by atoms with Crippen molar-refractivity contribution in [2.45, 2.75) is 13.3 Å². The fourth-order valence-electron chi connectivity index (χ4n) is 2.72. The highest BCUT2D eigenvalue weighted by Gasteiger charge is 2.24. The largest absolute Gasteiger partial charge is 0.483 e. The third-order valence-corrected chi connectivity index (χ3v) is 4.10. The third kappa shape index (κ3) is 3.40. The summed E-state index contributed by atoms with van der Waals surface area (Å²) in [6, 6.07) is 13.0. The van der Waals surface area contributed by atoms with Crippen molar-refractivity contribution in [1.82, 2.24) is 4.90 Å². The van der Waals surface area contributed by atoms with E-state index in [0.29, 0.717) is 17.9 Å². The number of rotatable bonds is 4. The zero-order valence-electron chi connectivity index (χ0n) is 13.8. The van der Waals surface area contributed by atoms with E-state index in [0.717, 1.165) is 23.2 Å². The molecule has 1 aliphatic heterocycles. The van der Waals surface area contributed by atoms with E-state index in [9.17, 15) is 9.59 Å². The van der Waals surface area contributed by atoms with Crippen molar-refractivity contribution in [3.63, 3.8) is 0 Å². The molecule has 0 saturated heterocycles. The molecular formula is C19H20N2O3. The van der Waals surface area contributed by atoms with E-state index in [1.807, 2.05) is 31.2 Å². The Morgan fingerprint density at radius 1 is 1.21 bits per heavy atom. The lowest BCUT2D eigenvalue weighted by Crippen LogP contribution is -2.34. The number of fused-ring (bicyclic) bond motifs is 1. The number of amides is 2. The maximum Gasteiger partial charge on any atom is 0.262 e. The van der Waals surface area contributed by atoms with Gasteiger partial charge in [-0.15, -0.1) is 0 Å². The number of hydrogen-bond acceptors (Lipinski definition) is 3. The summed E-state index contributed by atoms with van der Waals surface area (Å²) in [6.07, 6.45) is 0.729. The Kier molecular flexibility index (Phi) is 4.51. The summed E-state index contributed by atoms with van der Waals surface area (Å²) in [5, 5.41) is 2.80. The van der Waals surface area contributed by atoms with Crippen LogP contribution in [0.1, 0.15) is 21.5 Å². The van der Waals surface area contributed by atoms with Gasteiger partial charge in [-0.25, -0.2) is 0 Å². The molecule has 2 aromatic rings. The second-order valence-corrected chi connectivity index (χ2v) is 5.96. The van der Waals surface area contributed by atoms with Gasteiger partial charge in [0.05, 0.1) is 0 Å². The normalized spacial score (nSPS) is 13.4. The summed E-state index contributed by atoms with van der Waals surface area (Å²) in [5.41, 5.74) is 3.40.